The van der Waals surface area contributed by atoms with Crippen molar-refractivity contribution < 1.29 is 18.3 Å². The number of hydrogen-bond acceptors (Lipinski definition) is 4. The standard InChI is InChI=1S/C22H21F2N3O2S/c1-27(14-16-8-10-19(11-9-16)29-21(23)24)22(28)26-18-6-4-5-17(13-18)15-30-20-7-2-3-12-25-20/h2-13,21H,14-15H2,1H3,(H,26,28). The lowest BCUT2D eigenvalue weighted by molar-refractivity contribution is -0.0498. The fourth-order valence-electron chi connectivity index (χ4n) is 2.67. The van der Waals surface area contributed by atoms with Gasteiger partial charge in [0.05, 0.1) is 5.03 Å². The lowest BCUT2D eigenvalue weighted by Gasteiger charge is -2.18. The molecule has 1 heterocycles. The first kappa shape index (κ1) is 21.6. The summed E-state index contributed by atoms with van der Waals surface area (Å²) in [7, 11) is 1.67. The van der Waals surface area contributed by atoms with Gasteiger partial charge < -0.3 is 15.0 Å². The summed E-state index contributed by atoms with van der Waals surface area (Å²) < 4.78 is 28.8. The zero-order valence-corrected chi connectivity index (χ0v) is 17.1. The molecule has 0 radical (unpaired) electrons. The number of benzene rings is 2. The van der Waals surface area contributed by atoms with E-state index in [0.717, 1.165) is 21.9 Å². The Balaban J connectivity index is 1.53. The van der Waals surface area contributed by atoms with Crippen LogP contribution < -0.4 is 10.1 Å². The normalized spacial score (nSPS) is 10.7. The number of amides is 2. The number of aromatic nitrogens is 1. The molecule has 0 fully saturated rings. The Hall–Kier alpha value is -3.13. The van der Waals surface area contributed by atoms with Crippen molar-refractivity contribution in [1.29, 1.82) is 0 Å². The van der Waals surface area contributed by atoms with Crippen LogP contribution in [0.4, 0.5) is 19.3 Å². The number of nitrogens with one attached hydrogen (secondary N) is 1. The average molecular weight is 429 g/mol. The Morgan fingerprint density at radius 1 is 1.10 bits per heavy atom. The number of thioether (sulfide) groups is 1. The van der Waals surface area contributed by atoms with Gasteiger partial charge in [-0.25, -0.2) is 9.78 Å². The number of hydrogen-bond donors (Lipinski definition) is 1. The zero-order chi connectivity index (χ0) is 21.3. The van der Waals surface area contributed by atoms with Gasteiger partial charge in [0.25, 0.3) is 0 Å². The van der Waals surface area contributed by atoms with Crippen LogP contribution in [0.1, 0.15) is 11.1 Å². The quantitative estimate of drug-likeness (QED) is 0.471. The minimum atomic E-state index is -2.86. The largest absolute Gasteiger partial charge is 0.435 e. The maximum atomic E-state index is 12.5. The van der Waals surface area contributed by atoms with Gasteiger partial charge in [-0.1, -0.05) is 30.3 Å². The van der Waals surface area contributed by atoms with E-state index in [0.29, 0.717) is 12.2 Å². The lowest BCUT2D eigenvalue weighted by Crippen LogP contribution is -2.30. The highest BCUT2D eigenvalue weighted by atomic mass is 32.2. The Bertz CT molecular complexity index is 956. The van der Waals surface area contributed by atoms with Crippen LogP contribution in [-0.4, -0.2) is 29.6 Å². The van der Waals surface area contributed by atoms with E-state index in [1.807, 2.05) is 42.5 Å². The predicted molar refractivity (Wildman–Crippen MR) is 114 cm³/mol. The van der Waals surface area contributed by atoms with E-state index in [9.17, 15) is 13.6 Å². The van der Waals surface area contributed by atoms with Crippen molar-refractivity contribution in [3.63, 3.8) is 0 Å². The Morgan fingerprint density at radius 2 is 1.90 bits per heavy atom. The van der Waals surface area contributed by atoms with Crippen LogP contribution in [-0.2, 0) is 12.3 Å². The van der Waals surface area contributed by atoms with E-state index in [1.165, 1.54) is 17.0 Å². The van der Waals surface area contributed by atoms with Crippen molar-refractivity contribution in [2.45, 2.75) is 23.9 Å². The molecule has 0 atom stereocenters. The zero-order valence-electron chi connectivity index (χ0n) is 16.3. The summed E-state index contributed by atoms with van der Waals surface area (Å²) in [4.78, 5) is 18.3. The summed E-state index contributed by atoms with van der Waals surface area (Å²) >= 11 is 1.62. The van der Waals surface area contributed by atoms with Crippen LogP contribution in [0.25, 0.3) is 0 Å². The molecule has 0 saturated carbocycles. The van der Waals surface area contributed by atoms with E-state index in [1.54, 1.807) is 37.1 Å². The molecule has 3 aromatic rings. The molecule has 0 bridgehead atoms. The molecule has 0 aliphatic rings. The van der Waals surface area contributed by atoms with Gasteiger partial charge in [0.15, 0.2) is 0 Å². The molecule has 1 aromatic heterocycles. The fourth-order valence-corrected chi connectivity index (χ4v) is 3.47. The van der Waals surface area contributed by atoms with Crippen LogP contribution in [0.15, 0.2) is 78.0 Å². The van der Waals surface area contributed by atoms with Gasteiger partial charge >= 0.3 is 12.6 Å². The molecule has 1 N–H and O–H groups in total. The van der Waals surface area contributed by atoms with Gasteiger partial charge in [0.1, 0.15) is 5.75 Å². The van der Waals surface area contributed by atoms with Crippen molar-refractivity contribution >= 4 is 23.5 Å². The van der Waals surface area contributed by atoms with Crippen LogP contribution in [0.2, 0.25) is 0 Å². The number of ether oxygens (including phenoxy) is 1. The third kappa shape index (κ3) is 6.73. The Kier molecular flexibility index (Phi) is 7.62. The van der Waals surface area contributed by atoms with Crippen LogP contribution in [0.5, 0.6) is 5.75 Å². The second-order valence-corrected chi connectivity index (χ2v) is 7.46. The first-order chi connectivity index (χ1) is 14.5. The van der Waals surface area contributed by atoms with E-state index in [2.05, 4.69) is 15.0 Å². The number of halogens is 2. The number of rotatable bonds is 8. The third-order valence-electron chi connectivity index (χ3n) is 4.12. The first-order valence-corrected chi connectivity index (χ1v) is 10.2. The SMILES string of the molecule is CN(Cc1ccc(OC(F)F)cc1)C(=O)Nc1cccc(CSc2ccccn2)c1. The van der Waals surface area contributed by atoms with E-state index >= 15 is 0 Å². The summed E-state index contributed by atoms with van der Waals surface area (Å²) in [6.07, 6.45) is 1.76. The van der Waals surface area contributed by atoms with Gasteiger partial charge in [-0.15, -0.1) is 11.8 Å². The maximum absolute atomic E-state index is 12.5. The summed E-state index contributed by atoms with van der Waals surface area (Å²) in [5, 5.41) is 3.82. The number of carbonyl (C=O) groups excluding carboxylic acids is 1. The third-order valence-corrected chi connectivity index (χ3v) is 5.13. The summed E-state index contributed by atoms with van der Waals surface area (Å²) in [5.74, 6) is 0.824. The number of anilines is 1. The van der Waals surface area contributed by atoms with Gasteiger partial charge in [-0.2, -0.15) is 8.78 Å². The first-order valence-electron chi connectivity index (χ1n) is 9.18. The molecule has 0 unspecified atom stereocenters. The second kappa shape index (κ2) is 10.6. The highest BCUT2D eigenvalue weighted by Crippen LogP contribution is 2.22. The molecular weight excluding hydrogens is 408 g/mol. The second-order valence-electron chi connectivity index (χ2n) is 6.47. The van der Waals surface area contributed by atoms with Crippen LogP contribution >= 0.6 is 11.8 Å². The molecule has 0 aliphatic heterocycles. The highest BCUT2D eigenvalue weighted by molar-refractivity contribution is 7.98. The molecule has 0 saturated heterocycles. The smallest absolute Gasteiger partial charge is 0.387 e. The molecule has 2 aromatic carbocycles. The highest BCUT2D eigenvalue weighted by Gasteiger charge is 2.11. The van der Waals surface area contributed by atoms with E-state index < -0.39 is 6.61 Å². The fraction of sp³-hybridized carbons (Fsp3) is 0.182. The maximum Gasteiger partial charge on any atom is 0.387 e. The molecular formula is C22H21F2N3O2S. The van der Waals surface area contributed by atoms with E-state index in [4.69, 9.17) is 0 Å². The van der Waals surface area contributed by atoms with Crippen LogP contribution in [0.3, 0.4) is 0 Å². The molecule has 2 amide bonds. The molecule has 156 valence electrons. The van der Waals surface area contributed by atoms with Gasteiger partial charge in [0, 0.05) is 31.2 Å². The van der Waals surface area contributed by atoms with Crippen molar-refractivity contribution in [3.8, 4) is 5.75 Å². The molecule has 3 rings (SSSR count). The van der Waals surface area contributed by atoms with Gasteiger partial charge in [-0.3, -0.25) is 0 Å². The number of alkyl halides is 2. The van der Waals surface area contributed by atoms with Crippen molar-refractivity contribution in [3.05, 3.63) is 84.1 Å². The molecule has 5 nitrogen and oxygen atoms in total. The molecule has 30 heavy (non-hydrogen) atoms. The topological polar surface area (TPSA) is 54.5 Å². The minimum absolute atomic E-state index is 0.0845. The van der Waals surface area contributed by atoms with Crippen molar-refractivity contribution in [2.75, 3.05) is 12.4 Å². The molecule has 8 heteroatoms. The number of urea groups is 1. The minimum Gasteiger partial charge on any atom is -0.435 e. The monoisotopic (exact) mass is 429 g/mol. The molecule has 0 aliphatic carbocycles. The summed E-state index contributed by atoms with van der Waals surface area (Å²) in [6.45, 7) is -2.53. The predicted octanol–water partition coefficient (Wildman–Crippen LogP) is 5.64. The van der Waals surface area contributed by atoms with Gasteiger partial charge in [0.2, 0.25) is 0 Å². The van der Waals surface area contributed by atoms with E-state index in [-0.39, 0.29) is 11.8 Å². The van der Waals surface area contributed by atoms with Crippen LogP contribution in [0, 0.1) is 0 Å². The average Bonchev–Trinajstić information content (AvgIpc) is 2.74. The Labute approximate surface area is 178 Å². The Morgan fingerprint density at radius 3 is 2.60 bits per heavy atom. The number of pyridine rings is 1. The summed E-state index contributed by atoms with van der Waals surface area (Å²) in [6, 6.07) is 19.4. The lowest BCUT2D eigenvalue weighted by atomic mass is 10.2. The van der Waals surface area contributed by atoms with Gasteiger partial charge in [-0.05, 0) is 47.5 Å². The number of carbonyl (C=O) groups is 1. The van der Waals surface area contributed by atoms with Crippen molar-refractivity contribution in [2.24, 2.45) is 0 Å². The summed E-state index contributed by atoms with van der Waals surface area (Å²) in [5.41, 5.74) is 2.57. The molecule has 0 spiro atoms. The number of nitrogens with zero attached hydrogens (tertiary/aromatic N) is 2. The van der Waals surface area contributed by atoms with Crippen molar-refractivity contribution in [1.82, 2.24) is 9.88 Å².